The average Bonchev–Trinajstić information content (AvgIpc) is 2.09. The van der Waals surface area contributed by atoms with Crippen LogP contribution in [-0.4, -0.2) is 7.05 Å². The van der Waals surface area contributed by atoms with E-state index < -0.39 is 0 Å². The lowest BCUT2D eigenvalue weighted by molar-refractivity contribution is 0.441. The van der Waals surface area contributed by atoms with Gasteiger partial charge in [0, 0.05) is 10.5 Å². The highest BCUT2D eigenvalue weighted by Gasteiger charge is 2.15. The van der Waals surface area contributed by atoms with E-state index >= 15 is 0 Å². The summed E-state index contributed by atoms with van der Waals surface area (Å²) < 4.78 is 1.20. The van der Waals surface area contributed by atoms with Crippen LogP contribution < -0.4 is 5.32 Å². The molecule has 0 bridgehead atoms. The van der Waals surface area contributed by atoms with E-state index in [1.54, 1.807) is 0 Å². The van der Waals surface area contributed by atoms with Crippen molar-refractivity contribution in [2.24, 2.45) is 5.92 Å². The largest absolute Gasteiger partial charge is 0.313 e. The lowest BCUT2D eigenvalue weighted by atomic mass is 9.95. The summed E-state index contributed by atoms with van der Waals surface area (Å²) in [5.41, 5.74) is 2.63. The van der Waals surface area contributed by atoms with Gasteiger partial charge in [-0.15, -0.1) is 0 Å². The predicted molar refractivity (Wildman–Crippen MR) is 65.5 cm³/mol. The van der Waals surface area contributed by atoms with Crippen molar-refractivity contribution >= 4 is 15.9 Å². The Morgan fingerprint density at radius 1 is 1.29 bits per heavy atom. The van der Waals surface area contributed by atoms with Gasteiger partial charge in [0.1, 0.15) is 0 Å². The maximum Gasteiger partial charge on any atom is 0.0352 e. The molecule has 0 aromatic heterocycles. The normalized spacial score (nSPS) is 13.3. The van der Waals surface area contributed by atoms with Gasteiger partial charge in [0.2, 0.25) is 0 Å². The molecule has 1 nitrogen and oxygen atoms in total. The average molecular weight is 256 g/mol. The summed E-state index contributed by atoms with van der Waals surface area (Å²) in [6, 6.07) is 6.94. The van der Waals surface area contributed by atoms with E-state index in [1.807, 2.05) is 7.05 Å². The molecule has 1 aromatic rings. The minimum absolute atomic E-state index is 0.421. The molecule has 0 amide bonds. The maximum absolute atomic E-state index is 3.62. The highest BCUT2D eigenvalue weighted by molar-refractivity contribution is 9.10. The Hall–Kier alpha value is -0.340. The van der Waals surface area contributed by atoms with Crippen LogP contribution in [0.5, 0.6) is 0 Å². The fraction of sp³-hybridized carbons (Fsp3) is 0.500. The van der Waals surface area contributed by atoms with Gasteiger partial charge in [-0.3, -0.25) is 0 Å². The van der Waals surface area contributed by atoms with Gasteiger partial charge < -0.3 is 5.32 Å². The Morgan fingerprint density at radius 3 is 2.36 bits per heavy atom. The van der Waals surface area contributed by atoms with Crippen LogP contribution in [0.3, 0.4) is 0 Å². The van der Waals surface area contributed by atoms with Gasteiger partial charge >= 0.3 is 0 Å². The molecular weight excluding hydrogens is 238 g/mol. The Bertz CT molecular complexity index is 307. The summed E-state index contributed by atoms with van der Waals surface area (Å²) in [7, 11) is 2.01. The minimum atomic E-state index is 0.421. The summed E-state index contributed by atoms with van der Waals surface area (Å²) in [4.78, 5) is 0. The van der Waals surface area contributed by atoms with Crippen LogP contribution in [0.1, 0.15) is 31.0 Å². The number of benzene rings is 1. The van der Waals surface area contributed by atoms with Gasteiger partial charge in [0.15, 0.2) is 0 Å². The standard InChI is InChI=1S/C12H18BrN/c1-8(2)12(14-4)10-6-5-9(3)7-11(10)13/h5-8,12,14H,1-4H3. The van der Waals surface area contributed by atoms with E-state index in [9.17, 15) is 0 Å². The first-order valence-corrected chi connectivity index (χ1v) is 5.79. The summed E-state index contributed by atoms with van der Waals surface area (Å²) in [5, 5.41) is 3.35. The number of hydrogen-bond acceptors (Lipinski definition) is 1. The maximum atomic E-state index is 3.62. The minimum Gasteiger partial charge on any atom is -0.313 e. The molecule has 2 heteroatoms. The van der Waals surface area contributed by atoms with Gasteiger partial charge in [-0.25, -0.2) is 0 Å². The Labute approximate surface area is 95.0 Å². The molecule has 0 aliphatic heterocycles. The topological polar surface area (TPSA) is 12.0 Å². The van der Waals surface area contributed by atoms with Crippen LogP contribution in [0, 0.1) is 12.8 Å². The Balaban J connectivity index is 3.04. The summed E-state index contributed by atoms with van der Waals surface area (Å²) in [6.45, 7) is 6.57. The van der Waals surface area contributed by atoms with E-state index in [0.29, 0.717) is 12.0 Å². The lowest BCUT2D eigenvalue weighted by Gasteiger charge is -2.22. The van der Waals surface area contributed by atoms with Gasteiger partial charge in [0.05, 0.1) is 0 Å². The first kappa shape index (κ1) is 11.7. The molecule has 0 saturated carbocycles. The second kappa shape index (κ2) is 4.94. The van der Waals surface area contributed by atoms with Crippen LogP contribution >= 0.6 is 15.9 Å². The van der Waals surface area contributed by atoms with Crippen LogP contribution in [0.25, 0.3) is 0 Å². The number of hydrogen-bond donors (Lipinski definition) is 1. The number of rotatable bonds is 3. The van der Waals surface area contributed by atoms with Gasteiger partial charge in [-0.2, -0.15) is 0 Å². The first-order valence-electron chi connectivity index (χ1n) is 4.99. The van der Waals surface area contributed by atoms with Crippen molar-refractivity contribution in [1.29, 1.82) is 0 Å². The van der Waals surface area contributed by atoms with E-state index in [4.69, 9.17) is 0 Å². The van der Waals surface area contributed by atoms with Crippen molar-refractivity contribution in [2.75, 3.05) is 7.05 Å². The summed E-state index contributed by atoms with van der Waals surface area (Å²) in [5.74, 6) is 0.596. The summed E-state index contributed by atoms with van der Waals surface area (Å²) in [6.07, 6.45) is 0. The third-order valence-corrected chi connectivity index (χ3v) is 3.16. The summed E-state index contributed by atoms with van der Waals surface area (Å²) >= 11 is 3.62. The van der Waals surface area contributed by atoms with Crippen LogP contribution in [0.4, 0.5) is 0 Å². The highest BCUT2D eigenvalue weighted by Crippen LogP contribution is 2.28. The van der Waals surface area contributed by atoms with Gasteiger partial charge in [0.25, 0.3) is 0 Å². The molecule has 1 unspecified atom stereocenters. The predicted octanol–water partition coefficient (Wildman–Crippen LogP) is 3.67. The SMILES string of the molecule is CNC(c1ccc(C)cc1Br)C(C)C. The zero-order chi connectivity index (χ0) is 10.7. The number of aryl methyl sites for hydroxylation is 1. The third-order valence-electron chi connectivity index (χ3n) is 2.47. The highest BCUT2D eigenvalue weighted by atomic mass is 79.9. The molecule has 1 rings (SSSR count). The van der Waals surface area contributed by atoms with Gasteiger partial charge in [-0.1, -0.05) is 41.9 Å². The number of nitrogens with one attached hydrogen (secondary N) is 1. The first-order chi connectivity index (χ1) is 6.56. The smallest absolute Gasteiger partial charge is 0.0352 e. The monoisotopic (exact) mass is 255 g/mol. The molecule has 0 spiro atoms. The molecule has 0 aliphatic rings. The molecule has 1 N–H and O–H groups in total. The van der Waals surface area contributed by atoms with Crippen molar-refractivity contribution in [3.63, 3.8) is 0 Å². The van der Waals surface area contributed by atoms with E-state index in [2.05, 4.69) is 60.2 Å². The van der Waals surface area contributed by atoms with Crippen molar-refractivity contribution in [1.82, 2.24) is 5.32 Å². The zero-order valence-electron chi connectivity index (χ0n) is 9.26. The quantitative estimate of drug-likeness (QED) is 0.870. The zero-order valence-corrected chi connectivity index (χ0v) is 10.9. The molecule has 0 heterocycles. The molecular formula is C12H18BrN. The molecule has 78 valence electrons. The van der Waals surface area contributed by atoms with Gasteiger partial charge in [-0.05, 0) is 37.1 Å². The molecule has 0 fully saturated rings. The molecule has 0 radical (unpaired) electrons. The van der Waals surface area contributed by atoms with E-state index in [0.717, 1.165) is 0 Å². The third kappa shape index (κ3) is 2.58. The van der Waals surface area contributed by atoms with E-state index in [1.165, 1.54) is 15.6 Å². The van der Waals surface area contributed by atoms with Crippen molar-refractivity contribution in [2.45, 2.75) is 26.8 Å². The van der Waals surface area contributed by atoms with Crippen molar-refractivity contribution < 1.29 is 0 Å². The Kier molecular flexibility index (Phi) is 4.14. The fourth-order valence-corrected chi connectivity index (χ4v) is 2.47. The van der Waals surface area contributed by atoms with Crippen molar-refractivity contribution in [3.8, 4) is 0 Å². The molecule has 1 aromatic carbocycles. The van der Waals surface area contributed by atoms with Crippen LogP contribution in [0.15, 0.2) is 22.7 Å². The molecule has 14 heavy (non-hydrogen) atoms. The second-order valence-corrected chi connectivity index (χ2v) is 4.89. The molecule has 0 saturated heterocycles. The molecule has 1 atom stereocenters. The van der Waals surface area contributed by atoms with Crippen LogP contribution in [0.2, 0.25) is 0 Å². The van der Waals surface area contributed by atoms with Crippen molar-refractivity contribution in [3.05, 3.63) is 33.8 Å². The Morgan fingerprint density at radius 2 is 1.93 bits per heavy atom. The van der Waals surface area contributed by atoms with E-state index in [-0.39, 0.29) is 0 Å². The van der Waals surface area contributed by atoms with Crippen LogP contribution in [-0.2, 0) is 0 Å². The lowest BCUT2D eigenvalue weighted by Crippen LogP contribution is -2.22. The molecule has 0 aliphatic carbocycles. The number of halogens is 1. The fourth-order valence-electron chi connectivity index (χ4n) is 1.73. The second-order valence-electron chi connectivity index (χ2n) is 4.04.